The van der Waals surface area contributed by atoms with E-state index in [-0.39, 0.29) is 5.96 Å². The maximum Gasteiger partial charge on any atom is 0.355 e. The van der Waals surface area contributed by atoms with Crippen molar-refractivity contribution in [1.29, 1.82) is 5.41 Å². The fourth-order valence-corrected chi connectivity index (χ4v) is 0.767. The summed E-state index contributed by atoms with van der Waals surface area (Å²) < 4.78 is 0. The summed E-state index contributed by atoms with van der Waals surface area (Å²) in [6.45, 7) is 0.435. The van der Waals surface area contributed by atoms with Crippen molar-refractivity contribution in [1.82, 2.24) is 5.32 Å². The predicted octanol–water partition coefficient (Wildman–Crippen LogP) is -1.20. The first-order valence-electron chi connectivity index (χ1n) is 3.95. The first kappa shape index (κ1) is 12.3. The number of nitrogens with two attached hydrogens (primary N) is 2. The average molecular weight is 203 g/mol. The topological polar surface area (TPSA) is 144 Å². The Hall–Kier alpha value is -1.70. The summed E-state index contributed by atoms with van der Waals surface area (Å²) in [5.74, 6) is -1.00. The van der Waals surface area contributed by atoms with Crippen LogP contribution in [0.4, 0.5) is 0 Å². The molecule has 80 valence electrons. The van der Waals surface area contributed by atoms with Crippen molar-refractivity contribution >= 4 is 11.9 Å². The Labute approximate surface area is 80.4 Å². The highest BCUT2D eigenvalue weighted by molar-refractivity contribution is 5.75. The molecule has 6 N–H and O–H groups in total. The van der Waals surface area contributed by atoms with E-state index in [1.165, 1.54) is 0 Å². The maximum absolute atomic E-state index is 10.7. The van der Waals surface area contributed by atoms with Crippen LogP contribution in [0.2, 0.25) is 0 Å². The zero-order valence-corrected chi connectivity index (χ0v) is 7.53. The first-order chi connectivity index (χ1) is 6.57. The van der Waals surface area contributed by atoms with Crippen LogP contribution in [0.15, 0.2) is 5.34 Å². The van der Waals surface area contributed by atoms with Gasteiger partial charge in [-0.05, 0) is 12.8 Å². The molecule has 0 aromatic carbocycles. The van der Waals surface area contributed by atoms with E-state index in [0.717, 1.165) is 0 Å². The Morgan fingerprint density at radius 1 is 1.64 bits per heavy atom. The Kier molecular flexibility index (Phi) is 5.95. The molecule has 0 fully saturated rings. The molecule has 0 rings (SSSR count). The van der Waals surface area contributed by atoms with E-state index >= 15 is 0 Å². The molecule has 0 spiro atoms. The molecule has 0 aromatic rings. The number of carbonyl (C=O) groups is 1. The van der Waals surface area contributed by atoms with Crippen LogP contribution >= 0.6 is 0 Å². The highest BCUT2D eigenvalue weighted by Crippen LogP contribution is 1.96. The van der Waals surface area contributed by atoms with Gasteiger partial charge in [-0.2, -0.15) is 0 Å². The van der Waals surface area contributed by atoms with Gasteiger partial charge in [0.15, 0.2) is 11.3 Å². The molecular formula is C6H13N5O3. The number of nitrogens with zero attached hydrogens (tertiary/aromatic N) is 1. The van der Waals surface area contributed by atoms with Crippen molar-refractivity contribution in [2.75, 3.05) is 6.54 Å². The van der Waals surface area contributed by atoms with Crippen LogP contribution in [0.25, 0.3) is 0 Å². The van der Waals surface area contributed by atoms with Crippen LogP contribution < -0.4 is 16.8 Å². The van der Waals surface area contributed by atoms with Crippen LogP contribution in [0.3, 0.4) is 0 Å². The molecule has 1 atom stereocenters. The Balaban J connectivity index is 3.52. The first-order valence-corrected chi connectivity index (χ1v) is 3.95. The smallest absolute Gasteiger partial charge is 0.355 e. The summed E-state index contributed by atoms with van der Waals surface area (Å²) in [6.07, 6.45) is 0.864. The highest BCUT2D eigenvalue weighted by Gasteiger charge is 2.15. The number of hydrogen-bond acceptors (Lipinski definition) is 6. The molecule has 0 saturated carbocycles. The lowest BCUT2D eigenvalue weighted by atomic mass is 10.2. The van der Waals surface area contributed by atoms with Gasteiger partial charge in [-0.25, -0.2) is 4.79 Å². The normalized spacial score (nSPS) is 11.5. The minimum Gasteiger partial charge on any atom is -0.370 e. The number of guanidine groups is 1. The zero-order valence-electron chi connectivity index (χ0n) is 7.53. The second-order valence-electron chi connectivity index (χ2n) is 2.57. The molecule has 0 amide bonds. The van der Waals surface area contributed by atoms with Gasteiger partial charge in [-0.15, -0.1) is 4.91 Å². The van der Waals surface area contributed by atoms with Gasteiger partial charge in [0, 0.05) is 6.54 Å². The molecule has 0 saturated heterocycles. The van der Waals surface area contributed by atoms with Crippen molar-refractivity contribution in [3.8, 4) is 0 Å². The summed E-state index contributed by atoms with van der Waals surface area (Å²) >= 11 is 0. The molecule has 0 unspecified atom stereocenters. The van der Waals surface area contributed by atoms with Gasteiger partial charge in [0.05, 0.1) is 0 Å². The highest BCUT2D eigenvalue weighted by atomic mass is 16.7. The molecular weight excluding hydrogens is 190 g/mol. The molecule has 0 bridgehead atoms. The van der Waals surface area contributed by atoms with Crippen molar-refractivity contribution in [3.05, 3.63) is 4.91 Å². The summed E-state index contributed by atoms with van der Waals surface area (Å²) in [5.41, 5.74) is 10.3. The molecule has 0 aliphatic rings. The van der Waals surface area contributed by atoms with E-state index in [0.29, 0.717) is 19.4 Å². The largest absolute Gasteiger partial charge is 0.370 e. The molecule has 0 heterocycles. The summed E-state index contributed by atoms with van der Waals surface area (Å²) in [4.78, 5) is 24.1. The van der Waals surface area contributed by atoms with E-state index < -0.39 is 12.0 Å². The van der Waals surface area contributed by atoms with E-state index in [4.69, 9.17) is 16.9 Å². The van der Waals surface area contributed by atoms with Crippen molar-refractivity contribution in [2.24, 2.45) is 16.8 Å². The molecule has 0 radical (unpaired) electrons. The van der Waals surface area contributed by atoms with Crippen LogP contribution in [-0.4, -0.2) is 24.5 Å². The number of hydrogen-bond donors (Lipinski definition) is 4. The minimum absolute atomic E-state index is 0.143. The number of nitrogens with one attached hydrogen (secondary N) is 2. The van der Waals surface area contributed by atoms with E-state index in [1.54, 1.807) is 0 Å². The van der Waals surface area contributed by atoms with Crippen molar-refractivity contribution < 1.29 is 9.63 Å². The van der Waals surface area contributed by atoms with Gasteiger partial charge in [0.1, 0.15) is 6.04 Å². The molecule has 0 aliphatic heterocycles. The van der Waals surface area contributed by atoms with Gasteiger partial charge in [-0.1, -0.05) is 0 Å². The van der Waals surface area contributed by atoms with Crippen molar-refractivity contribution in [3.63, 3.8) is 0 Å². The third-order valence-electron chi connectivity index (χ3n) is 1.44. The fraction of sp³-hybridized carbons (Fsp3) is 0.667. The monoisotopic (exact) mass is 203 g/mol. The standard InChI is InChI=1S/C6H13N5O3/c7-4(5(12)14-11-13)2-1-3-10-6(8)9/h4H,1-3,7H2,(H4,8,9,10)/t4-/m0/s1. The van der Waals surface area contributed by atoms with E-state index in [9.17, 15) is 9.70 Å². The SMILES string of the molecule is N=C(N)NCCC[C@H](N)C(=O)ON=O. The van der Waals surface area contributed by atoms with Crippen LogP contribution in [0.5, 0.6) is 0 Å². The van der Waals surface area contributed by atoms with Gasteiger partial charge < -0.3 is 16.8 Å². The van der Waals surface area contributed by atoms with Gasteiger partial charge in [0.2, 0.25) is 0 Å². The van der Waals surface area contributed by atoms with Crippen LogP contribution in [0, 0.1) is 10.3 Å². The second-order valence-corrected chi connectivity index (χ2v) is 2.57. The molecule has 8 nitrogen and oxygen atoms in total. The fourth-order valence-electron chi connectivity index (χ4n) is 0.767. The summed E-state index contributed by atoms with van der Waals surface area (Å²) in [6, 6.07) is -0.874. The number of carbonyl (C=O) groups excluding carboxylic acids is 1. The average Bonchev–Trinajstić information content (AvgIpc) is 2.12. The van der Waals surface area contributed by atoms with Crippen molar-refractivity contribution in [2.45, 2.75) is 18.9 Å². The molecule has 0 aromatic heterocycles. The minimum atomic E-state index is -0.874. The zero-order chi connectivity index (χ0) is 11.0. The second kappa shape index (κ2) is 6.78. The predicted molar refractivity (Wildman–Crippen MR) is 49.0 cm³/mol. The Morgan fingerprint density at radius 3 is 2.79 bits per heavy atom. The Bertz CT molecular complexity index is 220. The Morgan fingerprint density at radius 2 is 2.29 bits per heavy atom. The van der Waals surface area contributed by atoms with E-state index in [1.807, 2.05) is 5.34 Å². The number of rotatable bonds is 6. The molecule has 14 heavy (non-hydrogen) atoms. The van der Waals surface area contributed by atoms with Crippen LogP contribution in [0.1, 0.15) is 12.8 Å². The molecule has 0 aliphatic carbocycles. The summed E-state index contributed by atoms with van der Waals surface area (Å²) in [7, 11) is 0. The summed E-state index contributed by atoms with van der Waals surface area (Å²) in [5, 5.41) is 11.3. The lowest BCUT2D eigenvalue weighted by Gasteiger charge is -2.07. The maximum atomic E-state index is 10.7. The van der Waals surface area contributed by atoms with Crippen LogP contribution in [-0.2, 0) is 9.63 Å². The van der Waals surface area contributed by atoms with E-state index in [2.05, 4.69) is 10.2 Å². The lowest BCUT2D eigenvalue weighted by Crippen LogP contribution is -2.34. The molecule has 8 heteroatoms. The third kappa shape index (κ3) is 5.89. The lowest BCUT2D eigenvalue weighted by molar-refractivity contribution is -0.145. The quantitative estimate of drug-likeness (QED) is 0.140. The van der Waals surface area contributed by atoms with Gasteiger partial charge in [-0.3, -0.25) is 10.2 Å². The van der Waals surface area contributed by atoms with Gasteiger partial charge >= 0.3 is 5.97 Å². The third-order valence-corrected chi connectivity index (χ3v) is 1.44. The van der Waals surface area contributed by atoms with Gasteiger partial charge in [0.25, 0.3) is 0 Å².